The van der Waals surface area contributed by atoms with E-state index in [4.69, 9.17) is 11.6 Å². The Balaban J connectivity index is 1.80. The molecular formula is C24H24ClF6N5O4S. The lowest BCUT2D eigenvalue weighted by molar-refractivity contribution is -0.180. The number of halogens is 7. The quantitative estimate of drug-likeness (QED) is 0.416. The third-order valence-corrected chi connectivity index (χ3v) is 7.25. The molecule has 2 amide bonds. The van der Waals surface area contributed by atoms with E-state index in [0.29, 0.717) is 0 Å². The largest absolute Gasteiger partial charge is 0.431 e. The second-order valence-electron chi connectivity index (χ2n) is 9.42. The van der Waals surface area contributed by atoms with Crippen LogP contribution in [0.3, 0.4) is 0 Å². The van der Waals surface area contributed by atoms with Crippen LogP contribution in [0.2, 0.25) is 5.02 Å². The second kappa shape index (κ2) is 11.8. The summed E-state index contributed by atoms with van der Waals surface area (Å²) >= 11 is 6.17. The van der Waals surface area contributed by atoms with Gasteiger partial charge in [0.25, 0.3) is 11.8 Å². The first-order valence-corrected chi connectivity index (χ1v) is 14.2. The Labute approximate surface area is 235 Å². The molecule has 1 aromatic heterocycles. The summed E-state index contributed by atoms with van der Waals surface area (Å²) in [5.74, 6) is -1.96. The summed E-state index contributed by atoms with van der Waals surface area (Å²) in [5.41, 5.74) is -1.75. The van der Waals surface area contributed by atoms with Crippen molar-refractivity contribution >= 4 is 44.7 Å². The lowest BCUT2D eigenvalue weighted by atomic mass is 10.1. The molecule has 0 fully saturated rings. The van der Waals surface area contributed by atoms with Crippen LogP contribution in [0.4, 0.5) is 32.0 Å². The molecule has 0 bridgehead atoms. The average Bonchev–Trinajstić information content (AvgIpc) is 3.24. The summed E-state index contributed by atoms with van der Waals surface area (Å²) in [6.45, 7) is 2.19. The standard InChI is InChI=1S/C24H24ClF6N5O4S/c1-12(11-41(3,39)40)32-22(38)20-15(5-4-6-16(20)25)21(37)34-17-8-7-14(33-13(17)2)10-36-19(24(29,30)31)9-18(35-36)23(26,27)28/h4-8,12,19H,9-11H2,1-3H3,(H,32,38)(H,34,37)/t12-,19?/m0/s1. The smallest absolute Gasteiger partial charge is 0.348 e. The third kappa shape index (κ3) is 8.31. The van der Waals surface area contributed by atoms with Gasteiger partial charge in [-0.25, -0.2) is 8.42 Å². The fraction of sp³-hybridized carbons (Fsp3) is 0.417. The van der Waals surface area contributed by atoms with E-state index in [-0.39, 0.29) is 44.0 Å². The molecule has 2 heterocycles. The number of hydrogen-bond donors (Lipinski definition) is 2. The first-order chi connectivity index (χ1) is 18.8. The number of rotatable bonds is 8. The number of carbonyl (C=O) groups is 2. The molecule has 2 N–H and O–H groups in total. The zero-order valence-electron chi connectivity index (χ0n) is 21.7. The van der Waals surface area contributed by atoms with Crippen LogP contribution < -0.4 is 10.6 Å². The van der Waals surface area contributed by atoms with Gasteiger partial charge < -0.3 is 10.6 Å². The molecule has 224 valence electrons. The van der Waals surface area contributed by atoms with E-state index in [0.717, 1.165) is 6.26 Å². The molecule has 17 heteroatoms. The normalized spacial score (nSPS) is 16.8. The number of hydrazone groups is 1. The van der Waals surface area contributed by atoms with Gasteiger partial charge in [-0.05, 0) is 38.1 Å². The molecule has 0 spiro atoms. The highest BCUT2D eigenvalue weighted by molar-refractivity contribution is 7.90. The highest BCUT2D eigenvalue weighted by Gasteiger charge is 2.52. The van der Waals surface area contributed by atoms with Crippen LogP contribution in [0.1, 0.15) is 45.4 Å². The van der Waals surface area contributed by atoms with E-state index in [1.165, 1.54) is 44.2 Å². The lowest BCUT2D eigenvalue weighted by Gasteiger charge is -2.25. The van der Waals surface area contributed by atoms with Crippen LogP contribution >= 0.6 is 11.6 Å². The second-order valence-corrected chi connectivity index (χ2v) is 12.0. The van der Waals surface area contributed by atoms with Crippen molar-refractivity contribution in [2.75, 3.05) is 17.3 Å². The Kier molecular flexibility index (Phi) is 9.27. The maximum atomic E-state index is 13.4. The minimum Gasteiger partial charge on any atom is -0.348 e. The third-order valence-electron chi connectivity index (χ3n) is 5.83. The van der Waals surface area contributed by atoms with Gasteiger partial charge >= 0.3 is 12.4 Å². The van der Waals surface area contributed by atoms with Crippen molar-refractivity contribution in [3.8, 4) is 0 Å². The highest BCUT2D eigenvalue weighted by Crippen LogP contribution is 2.36. The molecule has 0 radical (unpaired) electrons. The molecule has 3 rings (SSSR count). The number of sulfone groups is 1. The monoisotopic (exact) mass is 627 g/mol. The molecule has 1 unspecified atom stereocenters. The molecule has 0 saturated carbocycles. The van der Waals surface area contributed by atoms with Crippen LogP contribution in [-0.4, -0.2) is 72.4 Å². The number of pyridine rings is 1. The molecule has 1 aliphatic heterocycles. The van der Waals surface area contributed by atoms with E-state index in [9.17, 15) is 44.3 Å². The summed E-state index contributed by atoms with van der Waals surface area (Å²) in [7, 11) is -3.41. The van der Waals surface area contributed by atoms with Crippen molar-refractivity contribution in [1.82, 2.24) is 15.3 Å². The molecule has 1 aliphatic rings. The zero-order valence-corrected chi connectivity index (χ0v) is 23.3. The molecule has 41 heavy (non-hydrogen) atoms. The summed E-state index contributed by atoms with van der Waals surface area (Å²) in [5, 5.41) is 8.31. The fourth-order valence-electron chi connectivity index (χ4n) is 4.08. The number of hydrogen-bond acceptors (Lipinski definition) is 7. The van der Waals surface area contributed by atoms with Gasteiger partial charge in [0, 0.05) is 18.7 Å². The van der Waals surface area contributed by atoms with Gasteiger partial charge in [-0.3, -0.25) is 19.6 Å². The average molecular weight is 628 g/mol. The van der Waals surface area contributed by atoms with Gasteiger partial charge in [0.2, 0.25) is 0 Å². The lowest BCUT2D eigenvalue weighted by Crippen LogP contribution is -2.40. The van der Waals surface area contributed by atoms with E-state index in [1.54, 1.807) is 0 Å². The van der Waals surface area contributed by atoms with Gasteiger partial charge in [0.1, 0.15) is 21.6 Å². The number of aromatic nitrogens is 1. The molecular weight excluding hydrogens is 604 g/mol. The van der Waals surface area contributed by atoms with Crippen molar-refractivity contribution in [3.05, 3.63) is 57.9 Å². The first kappa shape index (κ1) is 32.1. The maximum absolute atomic E-state index is 13.4. The van der Waals surface area contributed by atoms with Crippen LogP contribution in [0.15, 0.2) is 35.4 Å². The van der Waals surface area contributed by atoms with Crippen molar-refractivity contribution in [1.29, 1.82) is 0 Å². The molecule has 1 aromatic carbocycles. The first-order valence-electron chi connectivity index (χ1n) is 11.8. The molecule has 0 saturated heterocycles. The number of benzene rings is 1. The van der Waals surface area contributed by atoms with Crippen molar-refractivity contribution in [2.45, 2.75) is 51.2 Å². The Morgan fingerprint density at radius 3 is 2.34 bits per heavy atom. The molecule has 2 atom stereocenters. The zero-order chi connectivity index (χ0) is 30.9. The predicted octanol–water partition coefficient (Wildman–Crippen LogP) is 4.51. The van der Waals surface area contributed by atoms with Gasteiger partial charge in [0.05, 0.1) is 45.5 Å². The van der Waals surface area contributed by atoms with Crippen LogP contribution in [-0.2, 0) is 16.4 Å². The van der Waals surface area contributed by atoms with Crippen LogP contribution in [0, 0.1) is 6.92 Å². The Hall–Kier alpha value is -3.40. The number of nitrogens with zero attached hydrogens (tertiary/aromatic N) is 3. The van der Waals surface area contributed by atoms with Crippen molar-refractivity contribution < 1.29 is 44.3 Å². The highest BCUT2D eigenvalue weighted by atomic mass is 35.5. The Morgan fingerprint density at radius 2 is 1.78 bits per heavy atom. The number of anilines is 1. The molecule has 9 nitrogen and oxygen atoms in total. The van der Waals surface area contributed by atoms with Gasteiger partial charge in [0.15, 0.2) is 0 Å². The number of carbonyl (C=O) groups excluding carboxylic acids is 2. The number of amides is 2. The predicted molar refractivity (Wildman–Crippen MR) is 139 cm³/mol. The summed E-state index contributed by atoms with van der Waals surface area (Å²) in [4.78, 5) is 30.0. The SMILES string of the molecule is Cc1nc(CN2N=C(C(F)(F)F)CC2C(F)(F)F)ccc1NC(=O)c1cccc(Cl)c1C(=O)N[C@@H](C)CS(C)(=O)=O. The topological polar surface area (TPSA) is 121 Å². The summed E-state index contributed by atoms with van der Waals surface area (Å²) in [6.07, 6.45) is -10.3. The van der Waals surface area contributed by atoms with Crippen LogP contribution in [0.25, 0.3) is 0 Å². The van der Waals surface area contributed by atoms with E-state index < -0.39 is 64.8 Å². The molecule has 2 aromatic rings. The van der Waals surface area contributed by atoms with E-state index >= 15 is 0 Å². The maximum Gasteiger partial charge on any atom is 0.431 e. The Bertz CT molecular complexity index is 1480. The minimum absolute atomic E-state index is 0.0374. The minimum atomic E-state index is -5.02. The van der Waals surface area contributed by atoms with E-state index in [2.05, 4.69) is 20.7 Å². The number of alkyl halides is 6. The van der Waals surface area contributed by atoms with Crippen molar-refractivity contribution in [3.63, 3.8) is 0 Å². The van der Waals surface area contributed by atoms with Gasteiger partial charge in [-0.2, -0.15) is 31.4 Å². The van der Waals surface area contributed by atoms with Crippen LogP contribution in [0.5, 0.6) is 0 Å². The van der Waals surface area contributed by atoms with Gasteiger partial charge in [-0.1, -0.05) is 17.7 Å². The number of aryl methyl sites for hydroxylation is 1. The van der Waals surface area contributed by atoms with Gasteiger partial charge in [-0.15, -0.1) is 0 Å². The Morgan fingerprint density at radius 1 is 1.12 bits per heavy atom. The summed E-state index contributed by atoms with van der Waals surface area (Å²) < 4.78 is 102. The van der Waals surface area contributed by atoms with Crippen molar-refractivity contribution in [2.24, 2.45) is 5.10 Å². The number of nitrogens with one attached hydrogen (secondary N) is 2. The summed E-state index contributed by atoms with van der Waals surface area (Å²) in [6, 6.07) is 3.30. The van der Waals surface area contributed by atoms with E-state index in [1.807, 2.05) is 0 Å². The fourth-order valence-corrected chi connectivity index (χ4v) is 5.33. The molecule has 0 aliphatic carbocycles.